The second kappa shape index (κ2) is 8.13. The summed E-state index contributed by atoms with van der Waals surface area (Å²) < 4.78 is 0. The third-order valence-electron chi connectivity index (χ3n) is 5.24. The van der Waals surface area contributed by atoms with E-state index >= 15 is 0 Å². The Kier molecular flexibility index (Phi) is 5.54. The first-order valence-corrected chi connectivity index (χ1v) is 10.3. The van der Waals surface area contributed by atoms with E-state index in [1.165, 1.54) is 0 Å². The summed E-state index contributed by atoms with van der Waals surface area (Å²) in [6.45, 7) is 3.38. The molecule has 1 N–H and O–H groups in total. The van der Waals surface area contributed by atoms with Gasteiger partial charge in [0.05, 0.1) is 5.69 Å². The van der Waals surface area contributed by atoms with Crippen LogP contribution in [0.3, 0.4) is 0 Å². The van der Waals surface area contributed by atoms with Gasteiger partial charge in [0.15, 0.2) is 0 Å². The summed E-state index contributed by atoms with van der Waals surface area (Å²) in [7, 11) is 0. The Morgan fingerprint density at radius 3 is 2.27 bits per heavy atom. The van der Waals surface area contributed by atoms with E-state index in [2.05, 4.69) is 5.32 Å². The van der Waals surface area contributed by atoms with Crippen LogP contribution in [0.25, 0.3) is 0 Å². The third kappa shape index (κ3) is 3.68. The van der Waals surface area contributed by atoms with Gasteiger partial charge < -0.3 is 10.2 Å². The number of hydrogen-bond donors (Lipinski definition) is 1. The zero-order chi connectivity index (χ0) is 21.4. The van der Waals surface area contributed by atoms with Crippen molar-refractivity contribution in [3.63, 3.8) is 0 Å². The molecule has 0 spiro atoms. The second-order valence-electron chi connectivity index (χ2n) is 7.27. The summed E-state index contributed by atoms with van der Waals surface area (Å²) in [6, 6.07) is 11.7. The monoisotopic (exact) mass is 443 g/mol. The molecule has 0 unspecified atom stereocenters. The highest BCUT2D eigenvalue weighted by atomic mass is 35.5. The molecule has 4 rings (SSSR count). The summed E-state index contributed by atoms with van der Waals surface area (Å²) in [6.07, 6.45) is 2.05. The number of carbonyl (C=O) groups excluding carboxylic acids is 3. The molecule has 0 aliphatic carbocycles. The number of benzene rings is 2. The molecule has 154 valence electrons. The van der Waals surface area contributed by atoms with Crippen molar-refractivity contribution in [1.82, 2.24) is 4.90 Å². The average Bonchev–Trinajstić information content (AvgIpc) is 3.34. The largest absolute Gasteiger partial charge is 0.350 e. The molecule has 3 amide bonds. The predicted molar refractivity (Wildman–Crippen MR) is 117 cm³/mol. The Hall–Kier alpha value is -2.83. The first kappa shape index (κ1) is 20.4. The molecule has 1 fully saturated rings. The predicted octanol–water partition coefficient (Wildman–Crippen LogP) is 4.32. The minimum Gasteiger partial charge on any atom is -0.350 e. The van der Waals surface area contributed by atoms with E-state index in [4.69, 9.17) is 23.2 Å². The number of amides is 3. The summed E-state index contributed by atoms with van der Waals surface area (Å²) in [5, 5.41) is 3.16. The van der Waals surface area contributed by atoms with E-state index in [9.17, 15) is 14.4 Å². The lowest BCUT2D eigenvalue weighted by molar-refractivity contribution is -0.120. The molecule has 0 saturated carbocycles. The third-order valence-corrected chi connectivity index (χ3v) is 5.99. The quantitative estimate of drug-likeness (QED) is 0.714. The van der Waals surface area contributed by atoms with E-state index in [1.54, 1.807) is 42.5 Å². The van der Waals surface area contributed by atoms with Gasteiger partial charge in [-0.3, -0.25) is 14.4 Å². The maximum absolute atomic E-state index is 12.9. The molecule has 30 heavy (non-hydrogen) atoms. The first-order valence-electron chi connectivity index (χ1n) is 9.58. The molecule has 1 saturated heterocycles. The first-order chi connectivity index (χ1) is 14.4. The number of rotatable bonds is 4. The van der Waals surface area contributed by atoms with Gasteiger partial charge in [0.1, 0.15) is 10.7 Å². The Labute approximate surface area is 184 Å². The van der Waals surface area contributed by atoms with Crippen LogP contribution in [0.4, 0.5) is 11.4 Å². The molecule has 0 atom stereocenters. The van der Waals surface area contributed by atoms with Crippen LogP contribution in [0.15, 0.2) is 53.2 Å². The average molecular weight is 444 g/mol. The minimum absolute atomic E-state index is 0.00848. The summed E-state index contributed by atoms with van der Waals surface area (Å²) in [5.74, 6) is -1.20. The Morgan fingerprint density at radius 1 is 0.967 bits per heavy atom. The van der Waals surface area contributed by atoms with Crippen LogP contribution in [-0.4, -0.2) is 35.7 Å². The maximum Gasteiger partial charge on any atom is 0.283 e. The molecule has 2 aliphatic rings. The molecule has 6 nitrogen and oxygen atoms in total. The smallest absolute Gasteiger partial charge is 0.283 e. The number of likely N-dealkylation sites (tertiary alicyclic amines) is 1. The normalized spacial score (nSPS) is 16.6. The number of imide groups is 1. The number of nitrogens with one attached hydrogen (secondary N) is 1. The van der Waals surface area contributed by atoms with Crippen LogP contribution in [0.1, 0.15) is 28.8 Å². The molecular formula is C22H19Cl2N3O3. The molecule has 0 bridgehead atoms. The topological polar surface area (TPSA) is 69.7 Å². The van der Waals surface area contributed by atoms with Gasteiger partial charge in [-0.2, -0.15) is 0 Å². The van der Waals surface area contributed by atoms with Gasteiger partial charge in [0.25, 0.3) is 17.7 Å². The van der Waals surface area contributed by atoms with Crippen LogP contribution >= 0.6 is 23.2 Å². The standard InChI is InChI=1S/C22H19Cl2N3O3/c1-13-4-9-16(12-17(13)23)27-21(29)18(24)19(22(27)30)25-15-7-5-14(6-8-15)20(28)26-10-2-3-11-26/h4-9,12,25H,2-3,10-11H2,1H3. The lowest BCUT2D eigenvalue weighted by Gasteiger charge is -2.16. The highest BCUT2D eigenvalue weighted by molar-refractivity contribution is 6.53. The van der Waals surface area contributed by atoms with Gasteiger partial charge in [0, 0.05) is 29.4 Å². The highest BCUT2D eigenvalue weighted by Crippen LogP contribution is 2.32. The van der Waals surface area contributed by atoms with Crippen LogP contribution in [-0.2, 0) is 9.59 Å². The van der Waals surface area contributed by atoms with Gasteiger partial charge in [0.2, 0.25) is 0 Å². The molecule has 2 aromatic rings. The van der Waals surface area contributed by atoms with Crippen molar-refractivity contribution in [2.45, 2.75) is 19.8 Å². The van der Waals surface area contributed by atoms with Crippen molar-refractivity contribution in [1.29, 1.82) is 0 Å². The maximum atomic E-state index is 12.9. The molecular weight excluding hydrogens is 425 g/mol. The van der Waals surface area contributed by atoms with Gasteiger partial charge in [-0.1, -0.05) is 29.3 Å². The van der Waals surface area contributed by atoms with Crippen molar-refractivity contribution in [2.75, 3.05) is 23.3 Å². The lowest BCUT2D eigenvalue weighted by atomic mass is 10.2. The van der Waals surface area contributed by atoms with Crippen molar-refractivity contribution in [3.8, 4) is 0 Å². The van der Waals surface area contributed by atoms with Gasteiger partial charge in [-0.15, -0.1) is 0 Å². The minimum atomic E-state index is -0.620. The lowest BCUT2D eigenvalue weighted by Crippen LogP contribution is -2.32. The Bertz CT molecular complexity index is 1070. The summed E-state index contributed by atoms with van der Waals surface area (Å²) >= 11 is 12.3. The number of nitrogens with zero attached hydrogens (tertiary/aromatic N) is 2. The summed E-state index contributed by atoms with van der Waals surface area (Å²) in [4.78, 5) is 40.7. The van der Waals surface area contributed by atoms with Gasteiger partial charge in [-0.25, -0.2) is 4.90 Å². The Balaban J connectivity index is 1.52. The number of halogens is 2. The molecule has 2 aliphatic heterocycles. The SMILES string of the molecule is Cc1ccc(N2C(=O)C(Cl)=C(Nc3ccc(C(=O)N4CCCC4)cc3)C2=O)cc1Cl. The zero-order valence-electron chi connectivity index (χ0n) is 16.2. The van der Waals surface area contributed by atoms with Crippen LogP contribution in [0.5, 0.6) is 0 Å². The van der Waals surface area contributed by atoms with Crippen molar-refractivity contribution >= 4 is 52.3 Å². The van der Waals surface area contributed by atoms with Crippen molar-refractivity contribution < 1.29 is 14.4 Å². The van der Waals surface area contributed by atoms with E-state index in [0.29, 0.717) is 22.0 Å². The highest BCUT2D eigenvalue weighted by Gasteiger charge is 2.39. The molecule has 0 radical (unpaired) electrons. The summed E-state index contributed by atoms with van der Waals surface area (Å²) in [5.41, 5.74) is 2.29. The molecule has 2 heterocycles. The fourth-order valence-electron chi connectivity index (χ4n) is 3.51. The molecule has 2 aromatic carbocycles. The van der Waals surface area contributed by atoms with E-state index in [1.807, 2.05) is 11.8 Å². The molecule has 8 heteroatoms. The number of carbonyl (C=O) groups is 3. The van der Waals surface area contributed by atoms with Crippen LogP contribution < -0.4 is 10.2 Å². The zero-order valence-corrected chi connectivity index (χ0v) is 17.8. The van der Waals surface area contributed by atoms with E-state index in [0.717, 1.165) is 36.4 Å². The van der Waals surface area contributed by atoms with Crippen LogP contribution in [0.2, 0.25) is 5.02 Å². The number of hydrogen-bond acceptors (Lipinski definition) is 4. The fourth-order valence-corrected chi connectivity index (χ4v) is 3.90. The fraction of sp³-hybridized carbons (Fsp3) is 0.227. The van der Waals surface area contributed by atoms with Gasteiger partial charge in [-0.05, 0) is 61.7 Å². The van der Waals surface area contributed by atoms with Crippen molar-refractivity contribution in [2.24, 2.45) is 0 Å². The number of aryl methyl sites for hydroxylation is 1. The molecule has 0 aromatic heterocycles. The van der Waals surface area contributed by atoms with E-state index in [-0.39, 0.29) is 16.6 Å². The van der Waals surface area contributed by atoms with Crippen LogP contribution in [0, 0.1) is 6.92 Å². The van der Waals surface area contributed by atoms with E-state index < -0.39 is 11.8 Å². The second-order valence-corrected chi connectivity index (χ2v) is 8.06. The van der Waals surface area contributed by atoms with Crippen molar-refractivity contribution in [3.05, 3.63) is 69.3 Å². The Morgan fingerprint density at radius 2 is 1.63 bits per heavy atom. The number of anilines is 2. The van der Waals surface area contributed by atoms with Gasteiger partial charge >= 0.3 is 0 Å².